The Balaban J connectivity index is 1.43. The number of carbonyl (C=O) groups excluding carboxylic acids is 1. The van der Waals surface area contributed by atoms with E-state index in [1.54, 1.807) is 41.2 Å². The minimum atomic E-state index is -0.231. The second kappa shape index (κ2) is 7.89. The molecule has 0 bridgehead atoms. The Kier molecular flexibility index (Phi) is 4.98. The van der Waals surface area contributed by atoms with Crippen molar-refractivity contribution in [3.05, 3.63) is 83.8 Å². The average molecular weight is 386 g/mol. The predicted molar refractivity (Wildman–Crippen MR) is 107 cm³/mol. The van der Waals surface area contributed by atoms with E-state index in [1.165, 1.54) is 6.33 Å². The molecule has 8 nitrogen and oxygen atoms in total. The molecule has 0 aliphatic carbocycles. The van der Waals surface area contributed by atoms with Crippen LogP contribution in [0.4, 0.5) is 5.69 Å². The maximum absolute atomic E-state index is 12.6. The Hall–Kier alpha value is -4.07. The highest BCUT2D eigenvalue weighted by Crippen LogP contribution is 2.21. The fourth-order valence-electron chi connectivity index (χ4n) is 2.77. The van der Waals surface area contributed by atoms with Crippen molar-refractivity contribution in [2.24, 2.45) is 0 Å². The number of rotatable bonds is 5. The van der Waals surface area contributed by atoms with Gasteiger partial charge in [-0.15, -0.1) is 5.10 Å². The Morgan fingerprint density at radius 1 is 1.03 bits per heavy atom. The summed E-state index contributed by atoms with van der Waals surface area (Å²) in [5.74, 6) is 0.928. The summed E-state index contributed by atoms with van der Waals surface area (Å²) in [4.78, 5) is 16.8. The van der Waals surface area contributed by atoms with Crippen LogP contribution >= 0.6 is 0 Å². The van der Waals surface area contributed by atoms with E-state index in [0.29, 0.717) is 22.9 Å². The molecule has 0 radical (unpaired) electrons. The molecule has 29 heavy (non-hydrogen) atoms. The van der Waals surface area contributed by atoms with Gasteiger partial charge >= 0.3 is 0 Å². The van der Waals surface area contributed by atoms with Gasteiger partial charge in [0.05, 0.1) is 17.6 Å². The van der Waals surface area contributed by atoms with Gasteiger partial charge in [-0.3, -0.25) is 4.79 Å². The van der Waals surface area contributed by atoms with E-state index in [9.17, 15) is 4.79 Å². The highest BCUT2D eigenvalue weighted by atomic mass is 16.5. The summed E-state index contributed by atoms with van der Waals surface area (Å²) in [5, 5.41) is 14.0. The van der Waals surface area contributed by atoms with Gasteiger partial charge in [0.1, 0.15) is 12.1 Å². The zero-order chi connectivity index (χ0) is 20.2. The number of hydrogen-bond acceptors (Lipinski definition) is 6. The molecule has 4 aromatic rings. The molecule has 144 valence electrons. The van der Waals surface area contributed by atoms with Gasteiger partial charge in [0, 0.05) is 11.6 Å². The van der Waals surface area contributed by atoms with Crippen molar-refractivity contribution in [2.45, 2.75) is 13.8 Å². The molecule has 2 aromatic heterocycles. The van der Waals surface area contributed by atoms with Crippen LogP contribution in [-0.2, 0) is 0 Å². The number of aryl methyl sites for hydroxylation is 2. The maximum Gasteiger partial charge on any atom is 0.255 e. The van der Waals surface area contributed by atoms with Crippen molar-refractivity contribution < 1.29 is 9.53 Å². The summed E-state index contributed by atoms with van der Waals surface area (Å²) in [6.45, 7) is 3.91. The number of nitrogens with one attached hydrogen (secondary N) is 1. The van der Waals surface area contributed by atoms with E-state index < -0.39 is 0 Å². The van der Waals surface area contributed by atoms with Crippen LogP contribution < -0.4 is 10.1 Å². The van der Waals surface area contributed by atoms with Gasteiger partial charge in [-0.1, -0.05) is 17.7 Å². The van der Waals surface area contributed by atoms with E-state index in [4.69, 9.17) is 4.74 Å². The molecule has 2 aromatic carbocycles. The molecule has 0 aliphatic rings. The van der Waals surface area contributed by atoms with Gasteiger partial charge in [0.15, 0.2) is 0 Å². The van der Waals surface area contributed by atoms with E-state index in [-0.39, 0.29) is 5.91 Å². The van der Waals surface area contributed by atoms with Gasteiger partial charge in [0.2, 0.25) is 5.88 Å². The Morgan fingerprint density at radius 3 is 2.52 bits per heavy atom. The first-order chi connectivity index (χ1) is 14.1. The number of hydrogen-bond donors (Lipinski definition) is 1. The number of nitrogens with zero attached hydrogens (tertiary/aromatic N) is 5. The van der Waals surface area contributed by atoms with Crippen molar-refractivity contribution in [1.82, 2.24) is 25.2 Å². The summed E-state index contributed by atoms with van der Waals surface area (Å²) in [5.41, 5.74) is 3.95. The first-order valence-electron chi connectivity index (χ1n) is 8.94. The number of tetrazole rings is 1. The van der Waals surface area contributed by atoms with Gasteiger partial charge in [-0.25, -0.2) is 9.67 Å². The second-order valence-corrected chi connectivity index (χ2v) is 6.51. The molecule has 0 spiro atoms. The maximum atomic E-state index is 12.6. The fourth-order valence-corrected chi connectivity index (χ4v) is 2.77. The van der Waals surface area contributed by atoms with E-state index in [2.05, 4.69) is 25.8 Å². The molecule has 0 unspecified atom stereocenters. The highest BCUT2D eigenvalue weighted by molar-refractivity contribution is 6.04. The molecule has 1 amide bonds. The first kappa shape index (κ1) is 18.3. The van der Waals surface area contributed by atoms with Crippen LogP contribution in [-0.4, -0.2) is 31.1 Å². The summed E-state index contributed by atoms with van der Waals surface area (Å²) < 4.78 is 7.25. The SMILES string of the molecule is Cc1ccc(Oc2ccc(NC(=O)c3ccc(-n4cnnn4)c(C)c3)cn2)cc1. The number of aromatic nitrogens is 5. The standard InChI is InChI=1S/C21H18N6O2/c1-14-3-7-18(8-4-14)29-20-10-6-17(12-22-20)24-21(28)16-5-9-19(15(2)11-16)27-13-23-25-26-27/h3-13H,1-2H3,(H,24,28). The van der Waals surface area contributed by atoms with Crippen LogP contribution in [0.25, 0.3) is 5.69 Å². The molecular formula is C21H18N6O2. The largest absolute Gasteiger partial charge is 0.439 e. The average Bonchev–Trinajstić information content (AvgIpc) is 3.25. The van der Waals surface area contributed by atoms with Gasteiger partial charge < -0.3 is 10.1 Å². The molecule has 0 saturated heterocycles. The number of ether oxygens (including phenoxy) is 1. The molecule has 1 N–H and O–H groups in total. The van der Waals surface area contributed by atoms with Crippen molar-refractivity contribution >= 4 is 11.6 Å². The summed E-state index contributed by atoms with van der Waals surface area (Å²) in [6, 6.07) is 16.5. The molecule has 4 rings (SSSR count). The zero-order valence-corrected chi connectivity index (χ0v) is 15.9. The number of anilines is 1. The van der Waals surface area contributed by atoms with Crippen LogP contribution in [0, 0.1) is 13.8 Å². The lowest BCUT2D eigenvalue weighted by molar-refractivity contribution is 0.102. The van der Waals surface area contributed by atoms with Crippen molar-refractivity contribution in [3.8, 4) is 17.3 Å². The van der Waals surface area contributed by atoms with Gasteiger partial charge in [0.25, 0.3) is 5.91 Å². The third-order valence-electron chi connectivity index (χ3n) is 4.29. The Labute approximate surface area is 167 Å². The molecule has 2 heterocycles. The Morgan fingerprint density at radius 2 is 1.86 bits per heavy atom. The van der Waals surface area contributed by atoms with Crippen molar-refractivity contribution in [2.75, 3.05) is 5.32 Å². The van der Waals surface area contributed by atoms with Crippen LogP contribution in [0.2, 0.25) is 0 Å². The van der Waals surface area contributed by atoms with Crippen LogP contribution in [0.3, 0.4) is 0 Å². The lowest BCUT2D eigenvalue weighted by Crippen LogP contribution is -2.13. The summed E-state index contributed by atoms with van der Waals surface area (Å²) >= 11 is 0. The van der Waals surface area contributed by atoms with E-state index in [0.717, 1.165) is 16.8 Å². The zero-order valence-electron chi connectivity index (χ0n) is 15.9. The monoisotopic (exact) mass is 386 g/mol. The van der Waals surface area contributed by atoms with Crippen molar-refractivity contribution in [3.63, 3.8) is 0 Å². The number of carbonyl (C=O) groups is 1. The van der Waals surface area contributed by atoms with Crippen LogP contribution in [0.15, 0.2) is 67.1 Å². The minimum Gasteiger partial charge on any atom is -0.439 e. The predicted octanol–water partition coefficient (Wildman–Crippen LogP) is 3.72. The molecular weight excluding hydrogens is 368 g/mol. The molecule has 0 fully saturated rings. The third kappa shape index (κ3) is 4.27. The second-order valence-electron chi connectivity index (χ2n) is 6.51. The van der Waals surface area contributed by atoms with E-state index in [1.807, 2.05) is 38.1 Å². The normalized spacial score (nSPS) is 10.6. The van der Waals surface area contributed by atoms with Crippen LogP contribution in [0.1, 0.15) is 21.5 Å². The smallest absolute Gasteiger partial charge is 0.255 e. The minimum absolute atomic E-state index is 0.231. The number of amides is 1. The first-order valence-corrected chi connectivity index (χ1v) is 8.94. The quantitative estimate of drug-likeness (QED) is 0.562. The highest BCUT2D eigenvalue weighted by Gasteiger charge is 2.10. The summed E-state index contributed by atoms with van der Waals surface area (Å²) in [6.07, 6.45) is 3.07. The van der Waals surface area contributed by atoms with E-state index >= 15 is 0 Å². The van der Waals surface area contributed by atoms with Crippen LogP contribution in [0.5, 0.6) is 11.6 Å². The van der Waals surface area contributed by atoms with Crippen molar-refractivity contribution in [1.29, 1.82) is 0 Å². The van der Waals surface area contributed by atoms with Gasteiger partial charge in [-0.05, 0) is 66.2 Å². The molecule has 0 aliphatic heterocycles. The number of benzene rings is 2. The van der Waals surface area contributed by atoms with Gasteiger partial charge in [-0.2, -0.15) is 0 Å². The third-order valence-corrected chi connectivity index (χ3v) is 4.29. The molecule has 8 heteroatoms. The lowest BCUT2D eigenvalue weighted by atomic mass is 10.1. The fraction of sp³-hybridized carbons (Fsp3) is 0.0952. The molecule has 0 atom stereocenters. The lowest BCUT2D eigenvalue weighted by Gasteiger charge is -2.09. The summed E-state index contributed by atoms with van der Waals surface area (Å²) in [7, 11) is 0. The Bertz CT molecular complexity index is 1120. The topological polar surface area (TPSA) is 94.8 Å². The molecule has 0 saturated carbocycles. The number of pyridine rings is 1.